The van der Waals surface area contributed by atoms with Crippen LogP contribution in [0.25, 0.3) is 0 Å². The Bertz CT molecular complexity index is 935. The standard InChI is InChI=1S/C23H20INO4/c24-19-11-12-21(26)20(13-19)23(28)29-16-22(27)25(14-17-7-3-1-4-8-17)15-18-9-5-2-6-10-18/h1-13,26H,14-16H2. The predicted octanol–water partition coefficient (Wildman–Crippen LogP) is 4.38. The van der Waals surface area contributed by atoms with E-state index in [-0.39, 0.29) is 17.2 Å². The van der Waals surface area contributed by atoms with Gasteiger partial charge in [0.05, 0.1) is 0 Å². The molecule has 0 aromatic heterocycles. The van der Waals surface area contributed by atoms with Crippen molar-refractivity contribution in [1.82, 2.24) is 4.90 Å². The van der Waals surface area contributed by atoms with Gasteiger partial charge >= 0.3 is 5.97 Å². The summed E-state index contributed by atoms with van der Waals surface area (Å²) in [7, 11) is 0. The van der Waals surface area contributed by atoms with E-state index in [1.807, 2.05) is 83.3 Å². The molecule has 0 saturated carbocycles. The lowest BCUT2D eigenvalue weighted by atomic mass is 10.1. The lowest BCUT2D eigenvalue weighted by Gasteiger charge is -2.23. The van der Waals surface area contributed by atoms with E-state index < -0.39 is 12.6 Å². The molecular formula is C23H20INO4. The van der Waals surface area contributed by atoms with Gasteiger partial charge in [0.25, 0.3) is 5.91 Å². The molecule has 0 fully saturated rings. The van der Waals surface area contributed by atoms with Crippen LogP contribution in [-0.4, -0.2) is 28.5 Å². The molecule has 0 aliphatic heterocycles. The third-order valence-corrected chi connectivity index (χ3v) is 4.96. The second-order valence-electron chi connectivity index (χ2n) is 6.46. The van der Waals surface area contributed by atoms with Gasteiger partial charge < -0.3 is 14.7 Å². The molecule has 0 unspecified atom stereocenters. The maximum atomic E-state index is 12.8. The SMILES string of the molecule is O=C(OCC(=O)N(Cc1ccccc1)Cc1ccccc1)c1cc(I)ccc1O. The monoisotopic (exact) mass is 501 g/mol. The Morgan fingerprint density at radius 2 is 1.41 bits per heavy atom. The molecule has 1 N–H and O–H groups in total. The number of carbonyl (C=O) groups excluding carboxylic acids is 2. The first kappa shape index (κ1) is 20.9. The van der Waals surface area contributed by atoms with Crippen LogP contribution in [0.15, 0.2) is 78.9 Å². The first-order chi connectivity index (χ1) is 14.0. The average Bonchev–Trinajstić information content (AvgIpc) is 2.74. The molecule has 0 saturated heterocycles. The van der Waals surface area contributed by atoms with Crippen LogP contribution >= 0.6 is 22.6 Å². The highest BCUT2D eigenvalue weighted by Gasteiger charge is 2.19. The summed E-state index contributed by atoms with van der Waals surface area (Å²) < 4.78 is 5.97. The Labute approximate surface area is 183 Å². The summed E-state index contributed by atoms with van der Waals surface area (Å²) in [6.07, 6.45) is 0. The van der Waals surface area contributed by atoms with Gasteiger partial charge in [0.2, 0.25) is 0 Å². The van der Waals surface area contributed by atoms with E-state index in [0.717, 1.165) is 14.7 Å². The zero-order valence-corrected chi connectivity index (χ0v) is 17.8. The summed E-state index contributed by atoms with van der Waals surface area (Å²) >= 11 is 2.04. The van der Waals surface area contributed by atoms with Crippen molar-refractivity contribution in [2.24, 2.45) is 0 Å². The minimum absolute atomic E-state index is 0.0439. The number of amides is 1. The normalized spacial score (nSPS) is 10.4. The average molecular weight is 501 g/mol. The summed E-state index contributed by atoms with van der Waals surface area (Å²) in [5, 5.41) is 9.87. The summed E-state index contributed by atoms with van der Waals surface area (Å²) in [6.45, 7) is 0.407. The summed E-state index contributed by atoms with van der Waals surface area (Å²) in [6, 6.07) is 23.9. The number of halogens is 1. The van der Waals surface area contributed by atoms with Gasteiger partial charge in [-0.3, -0.25) is 4.79 Å². The number of esters is 1. The summed E-state index contributed by atoms with van der Waals surface area (Å²) in [5.74, 6) is -1.21. The van der Waals surface area contributed by atoms with E-state index >= 15 is 0 Å². The summed E-state index contributed by atoms with van der Waals surface area (Å²) in [5.41, 5.74) is 2.01. The minimum Gasteiger partial charge on any atom is -0.507 e. The van der Waals surface area contributed by atoms with Crippen LogP contribution in [0, 0.1) is 3.57 Å². The van der Waals surface area contributed by atoms with Crippen LogP contribution in [-0.2, 0) is 22.6 Å². The number of hydrogen-bond donors (Lipinski definition) is 1. The van der Waals surface area contributed by atoms with Crippen molar-refractivity contribution in [3.8, 4) is 5.75 Å². The van der Waals surface area contributed by atoms with Crippen LogP contribution in [0.5, 0.6) is 5.75 Å². The minimum atomic E-state index is -0.728. The quantitative estimate of drug-likeness (QED) is 0.386. The van der Waals surface area contributed by atoms with Crippen molar-refractivity contribution in [2.75, 3.05) is 6.61 Å². The fraction of sp³-hybridized carbons (Fsp3) is 0.130. The first-order valence-electron chi connectivity index (χ1n) is 9.04. The van der Waals surface area contributed by atoms with E-state index in [1.54, 1.807) is 11.0 Å². The third kappa shape index (κ3) is 6.05. The van der Waals surface area contributed by atoms with Crippen LogP contribution in [0.2, 0.25) is 0 Å². The van der Waals surface area contributed by atoms with E-state index in [0.29, 0.717) is 13.1 Å². The highest BCUT2D eigenvalue weighted by molar-refractivity contribution is 14.1. The highest BCUT2D eigenvalue weighted by atomic mass is 127. The molecule has 3 aromatic carbocycles. The number of phenols is 1. The highest BCUT2D eigenvalue weighted by Crippen LogP contribution is 2.20. The number of ether oxygens (including phenoxy) is 1. The van der Waals surface area contributed by atoms with Crippen LogP contribution < -0.4 is 0 Å². The van der Waals surface area contributed by atoms with Crippen molar-refractivity contribution in [3.05, 3.63) is 99.1 Å². The largest absolute Gasteiger partial charge is 0.507 e. The van der Waals surface area contributed by atoms with Gasteiger partial charge in [-0.15, -0.1) is 0 Å². The van der Waals surface area contributed by atoms with Crippen LogP contribution in [0.1, 0.15) is 21.5 Å². The molecule has 0 radical (unpaired) electrons. The Balaban J connectivity index is 1.70. The van der Waals surface area contributed by atoms with Gasteiger partial charge in [0.1, 0.15) is 11.3 Å². The molecule has 6 heteroatoms. The topological polar surface area (TPSA) is 66.8 Å². The van der Waals surface area contributed by atoms with E-state index in [1.165, 1.54) is 12.1 Å². The Kier molecular flexibility index (Phi) is 7.24. The van der Waals surface area contributed by atoms with E-state index in [9.17, 15) is 14.7 Å². The molecule has 3 rings (SSSR count). The maximum Gasteiger partial charge on any atom is 0.342 e. The number of aromatic hydroxyl groups is 1. The van der Waals surface area contributed by atoms with E-state index in [2.05, 4.69) is 0 Å². The second-order valence-corrected chi connectivity index (χ2v) is 7.70. The zero-order chi connectivity index (χ0) is 20.6. The van der Waals surface area contributed by atoms with Gasteiger partial charge in [-0.1, -0.05) is 60.7 Å². The molecule has 1 amide bonds. The lowest BCUT2D eigenvalue weighted by molar-refractivity contribution is -0.135. The maximum absolute atomic E-state index is 12.8. The molecule has 148 valence electrons. The van der Waals surface area contributed by atoms with Gasteiger partial charge in [0, 0.05) is 16.7 Å². The zero-order valence-electron chi connectivity index (χ0n) is 15.6. The van der Waals surface area contributed by atoms with Gasteiger partial charge in [0.15, 0.2) is 6.61 Å². The number of carbonyl (C=O) groups is 2. The fourth-order valence-corrected chi connectivity index (χ4v) is 3.30. The molecule has 0 heterocycles. The number of rotatable bonds is 7. The van der Waals surface area contributed by atoms with Crippen molar-refractivity contribution < 1.29 is 19.4 Å². The lowest BCUT2D eigenvalue weighted by Crippen LogP contribution is -2.34. The first-order valence-corrected chi connectivity index (χ1v) is 10.1. The van der Waals surface area contributed by atoms with Gasteiger partial charge in [-0.05, 0) is 51.9 Å². The molecule has 3 aromatic rings. The fourth-order valence-electron chi connectivity index (χ4n) is 2.81. The molecule has 0 aliphatic rings. The van der Waals surface area contributed by atoms with Gasteiger partial charge in [-0.2, -0.15) is 0 Å². The Hall–Kier alpha value is -2.87. The Morgan fingerprint density at radius 1 is 0.862 bits per heavy atom. The Morgan fingerprint density at radius 3 is 1.97 bits per heavy atom. The number of phenolic OH excluding ortho intramolecular Hbond substituents is 1. The molecule has 0 aliphatic carbocycles. The van der Waals surface area contributed by atoms with Crippen molar-refractivity contribution in [1.29, 1.82) is 0 Å². The van der Waals surface area contributed by atoms with Crippen molar-refractivity contribution >= 4 is 34.5 Å². The van der Waals surface area contributed by atoms with Crippen LogP contribution in [0.4, 0.5) is 0 Å². The molecule has 0 spiro atoms. The van der Waals surface area contributed by atoms with Gasteiger partial charge in [-0.25, -0.2) is 4.79 Å². The molecule has 0 bridgehead atoms. The molecule has 5 nitrogen and oxygen atoms in total. The third-order valence-electron chi connectivity index (χ3n) is 4.29. The van der Waals surface area contributed by atoms with Crippen molar-refractivity contribution in [2.45, 2.75) is 13.1 Å². The van der Waals surface area contributed by atoms with Crippen LogP contribution in [0.3, 0.4) is 0 Å². The molecule has 29 heavy (non-hydrogen) atoms. The smallest absolute Gasteiger partial charge is 0.342 e. The molecular weight excluding hydrogens is 481 g/mol. The van der Waals surface area contributed by atoms with Crippen molar-refractivity contribution in [3.63, 3.8) is 0 Å². The predicted molar refractivity (Wildman–Crippen MR) is 118 cm³/mol. The number of hydrogen-bond acceptors (Lipinski definition) is 4. The van der Waals surface area contributed by atoms with E-state index in [4.69, 9.17) is 4.74 Å². The summed E-state index contributed by atoms with van der Waals surface area (Å²) in [4.78, 5) is 26.8. The molecule has 0 atom stereocenters. The second kappa shape index (κ2) is 10.1. The number of benzene rings is 3. The number of nitrogens with zero attached hydrogens (tertiary/aromatic N) is 1.